The normalized spacial score (nSPS) is 35.7. The number of rotatable bonds is 5. The van der Waals surface area contributed by atoms with E-state index in [0.717, 1.165) is 50.3 Å². The van der Waals surface area contributed by atoms with E-state index in [9.17, 15) is 4.79 Å². The number of methoxy groups -OCH3 is 1. The molecule has 192 valence electrons. The van der Waals surface area contributed by atoms with Gasteiger partial charge in [0.1, 0.15) is 12.4 Å². The molecule has 5 nitrogen and oxygen atoms in total. The number of hydrogen-bond donors (Lipinski definition) is 0. The summed E-state index contributed by atoms with van der Waals surface area (Å²) in [6, 6.07) is 7.44. The Morgan fingerprint density at radius 1 is 1.17 bits per heavy atom. The fourth-order valence-electron chi connectivity index (χ4n) is 8.72. The van der Waals surface area contributed by atoms with Crippen LogP contribution in [0.5, 0.6) is 5.75 Å². The second-order valence-corrected chi connectivity index (χ2v) is 14.1. The van der Waals surface area contributed by atoms with Crippen LogP contribution in [0, 0.1) is 17.3 Å². The Labute approximate surface area is 223 Å². The molecule has 1 aromatic rings. The van der Waals surface area contributed by atoms with Crippen molar-refractivity contribution in [3.63, 3.8) is 0 Å². The number of fused-ring (bicyclic) bond motifs is 1. The predicted octanol–water partition coefficient (Wildman–Crippen LogP) is 5.97. The lowest BCUT2D eigenvalue weighted by molar-refractivity contribution is -0.105. The number of halogens is 3. The molecule has 8 heteroatoms. The third-order valence-electron chi connectivity index (χ3n) is 10.2. The number of carbonyl (C=O) groups excluding carboxylic acids is 1. The van der Waals surface area contributed by atoms with Crippen LogP contribution in [0.2, 0.25) is 0 Å². The quantitative estimate of drug-likeness (QED) is 0.431. The summed E-state index contributed by atoms with van der Waals surface area (Å²) in [5.41, 5.74) is 3.28. The average molecular weight is 542 g/mol. The van der Waals surface area contributed by atoms with Crippen LogP contribution < -0.4 is 4.74 Å². The lowest BCUT2D eigenvalue weighted by Gasteiger charge is -2.67. The van der Waals surface area contributed by atoms with E-state index in [1.165, 1.54) is 36.9 Å². The molecule has 5 atom stereocenters. The monoisotopic (exact) mass is 540 g/mol. The molecule has 0 spiro atoms. The van der Waals surface area contributed by atoms with Gasteiger partial charge in [0.05, 0.1) is 7.11 Å². The third kappa shape index (κ3) is 3.78. The predicted molar refractivity (Wildman–Crippen MR) is 139 cm³/mol. The first-order chi connectivity index (χ1) is 16.7. The van der Waals surface area contributed by atoms with Gasteiger partial charge in [0.2, 0.25) is 3.79 Å². The van der Waals surface area contributed by atoms with Crippen molar-refractivity contribution < 1.29 is 14.3 Å². The molecule has 0 N–H and O–H groups in total. The first-order valence-corrected chi connectivity index (χ1v) is 14.2. The lowest BCUT2D eigenvalue weighted by atomic mass is 9.43. The second-order valence-electron chi connectivity index (χ2n) is 11.6. The van der Waals surface area contributed by atoms with Gasteiger partial charge >= 0.3 is 6.09 Å². The molecule has 4 fully saturated rings. The van der Waals surface area contributed by atoms with Gasteiger partial charge in [-0.2, -0.15) is 0 Å². The highest BCUT2D eigenvalue weighted by Crippen LogP contribution is 2.72. The van der Waals surface area contributed by atoms with Crippen molar-refractivity contribution in [2.45, 2.75) is 72.7 Å². The Balaban J connectivity index is 1.38. The van der Waals surface area contributed by atoms with Gasteiger partial charge < -0.3 is 14.4 Å². The number of piperidine rings is 1. The molecule has 5 aliphatic rings. The zero-order valence-corrected chi connectivity index (χ0v) is 22.8. The molecular weight excluding hydrogens is 507 g/mol. The number of likely N-dealkylation sites (tertiary alicyclic amines) is 1. The van der Waals surface area contributed by atoms with E-state index in [4.69, 9.17) is 44.3 Å². The van der Waals surface area contributed by atoms with E-state index in [0.29, 0.717) is 12.0 Å². The maximum atomic E-state index is 13.0. The van der Waals surface area contributed by atoms with Crippen LogP contribution in [-0.2, 0) is 16.6 Å². The highest BCUT2D eigenvalue weighted by molar-refractivity contribution is 6.67. The van der Waals surface area contributed by atoms with Crippen LogP contribution in [0.15, 0.2) is 18.2 Å². The van der Waals surface area contributed by atoms with Crippen molar-refractivity contribution in [2.75, 3.05) is 33.9 Å². The number of carbonyl (C=O) groups is 1. The fraction of sp³-hybridized carbons (Fsp3) is 0.741. The van der Waals surface area contributed by atoms with Crippen molar-refractivity contribution >= 4 is 40.9 Å². The van der Waals surface area contributed by atoms with Gasteiger partial charge in [-0.25, -0.2) is 4.79 Å². The maximum absolute atomic E-state index is 13.0. The van der Waals surface area contributed by atoms with Crippen molar-refractivity contribution in [3.8, 4) is 5.75 Å². The molecule has 1 heterocycles. The Kier molecular flexibility index (Phi) is 5.99. The lowest BCUT2D eigenvalue weighted by Crippen LogP contribution is -2.70. The number of alkyl halides is 3. The summed E-state index contributed by atoms with van der Waals surface area (Å²) in [5.74, 6) is 2.21. The molecule has 1 amide bonds. The molecule has 1 aliphatic heterocycles. The largest absolute Gasteiger partial charge is 0.497 e. The SMILES string of the molecule is COc1ccc2c(c1)C13CCN(CC4CC4)C(C2)C12CCC(N(C)C(=O)OCC(Cl)(Cl)Cl)C3CC2. The van der Waals surface area contributed by atoms with Crippen LogP contribution >= 0.6 is 34.8 Å². The summed E-state index contributed by atoms with van der Waals surface area (Å²) in [5, 5.41) is 0. The fourth-order valence-corrected chi connectivity index (χ4v) is 8.89. The molecule has 3 saturated carbocycles. The van der Waals surface area contributed by atoms with E-state index in [1.54, 1.807) is 12.0 Å². The molecule has 35 heavy (non-hydrogen) atoms. The maximum Gasteiger partial charge on any atom is 0.409 e. The van der Waals surface area contributed by atoms with Crippen LogP contribution in [0.3, 0.4) is 0 Å². The summed E-state index contributed by atoms with van der Waals surface area (Å²) < 4.78 is 9.50. The topological polar surface area (TPSA) is 42.0 Å². The summed E-state index contributed by atoms with van der Waals surface area (Å²) in [6.07, 6.45) is 9.16. The number of benzene rings is 1. The summed E-state index contributed by atoms with van der Waals surface area (Å²) in [4.78, 5) is 17.7. The van der Waals surface area contributed by atoms with Crippen molar-refractivity contribution in [3.05, 3.63) is 29.3 Å². The van der Waals surface area contributed by atoms with Gasteiger partial charge in [-0.05, 0) is 98.4 Å². The zero-order chi connectivity index (χ0) is 24.6. The molecule has 4 bridgehead atoms. The van der Waals surface area contributed by atoms with E-state index >= 15 is 0 Å². The van der Waals surface area contributed by atoms with Crippen LogP contribution in [-0.4, -0.2) is 65.6 Å². The summed E-state index contributed by atoms with van der Waals surface area (Å²) in [6.45, 7) is 2.15. The minimum absolute atomic E-state index is 0.0620. The average Bonchev–Trinajstić information content (AvgIpc) is 3.61. The Morgan fingerprint density at radius 3 is 2.66 bits per heavy atom. The van der Waals surface area contributed by atoms with Crippen LogP contribution in [0.1, 0.15) is 56.1 Å². The molecule has 5 unspecified atom stereocenters. The molecule has 1 saturated heterocycles. The van der Waals surface area contributed by atoms with Crippen molar-refractivity contribution in [1.29, 1.82) is 0 Å². The van der Waals surface area contributed by atoms with Gasteiger partial charge in [-0.1, -0.05) is 40.9 Å². The highest BCUT2D eigenvalue weighted by atomic mass is 35.6. The number of hydrogen-bond acceptors (Lipinski definition) is 4. The minimum atomic E-state index is -1.61. The second kappa shape index (κ2) is 8.58. The van der Waals surface area contributed by atoms with Crippen molar-refractivity contribution in [1.82, 2.24) is 9.80 Å². The van der Waals surface area contributed by atoms with E-state index in [-0.39, 0.29) is 23.5 Å². The summed E-state index contributed by atoms with van der Waals surface area (Å²) >= 11 is 17.5. The smallest absolute Gasteiger partial charge is 0.409 e. The third-order valence-corrected chi connectivity index (χ3v) is 10.5. The van der Waals surface area contributed by atoms with E-state index in [2.05, 4.69) is 23.1 Å². The van der Waals surface area contributed by atoms with Crippen molar-refractivity contribution in [2.24, 2.45) is 17.3 Å². The number of ether oxygens (including phenoxy) is 2. The van der Waals surface area contributed by atoms with Crippen LogP contribution in [0.25, 0.3) is 0 Å². The van der Waals surface area contributed by atoms with E-state index < -0.39 is 9.89 Å². The van der Waals surface area contributed by atoms with Gasteiger partial charge in [-0.15, -0.1) is 0 Å². The Bertz CT molecular complexity index is 1010. The molecule has 0 aromatic heterocycles. The minimum Gasteiger partial charge on any atom is -0.497 e. The van der Waals surface area contributed by atoms with Gasteiger partial charge in [0, 0.05) is 31.1 Å². The number of nitrogens with zero attached hydrogens (tertiary/aromatic N) is 2. The van der Waals surface area contributed by atoms with Crippen LogP contribution in [0.4, 0.5) is 4.79 Å². The number of amides is 1. The van der Waals surface area contributed by atoms with Gasteiger partial charge in [0.15, 0.2) is 0 Å². The first-order valence-electron chi connectivity index (χ1n) is 13.1. The molecular formula is C27H35Cl3N2O3. The van der Waals surface area contributed by atoms with E-state index in [1.807, 2.05) is 7.05 Å². The molecule has 0 radical (unpaired) electrons. The Morgan fingerprint density at radius 2 is 1.94 bits per heavy atom. The van der Waals surface area contributed by atoms with Gasteiger partial charge in [0.25, 0.3) is 0 Å². The first kappa shape index (κ1) is 24.5. The molecule has 4 aliphatic carbocycles. The Hall–Kier alpha value is -0.880. The standard InChI is InChI=1S/C27H35Cl3N2O3/c1-31(24(33)35-16-27(28,29)30)22-8-10-25-9-7-20(22)26(25)11-12-32(15-17-3-4-17)23(25)13-18-5-6-19(34-2)14-21(18)26/h5-6,14,17,20,22-23H,3-4,7-13,15-16H2,1-2H3. The molecule has 1 aromatic carbocycles. The highest BCUT2D eigenvalue weighted by Gasteiger charge is 2.72. The summed E-state index contributed by atoms with van der Waals surface area (Å²) in [7, 11) is 3.62. The zero-order valence-electron chi connectivity index (χ0n) is 20.6. The van der Waals surface area contributed by atoms with Gasteiger partial charge in [-0.3, -0.25) is 4.90 Å². The molecule has 6 rings (SSSR count).